The largest absolute Gasteiger partial charge is 0.372 e. The maximum absolute atomic E-state index is 12.0. The Morgan fingerprint density at radius 1 is 1.10 bits per heavy atom. The number of hydrogen-bond donors (Lipinski definition) is 0. The number of benzene rings is 1. The molecular weight excluding hydrogens is 264 g/mol. The second-order valence-electron chi connectivity index (χ2n) is 5.03. The molecule has 1 fully saturated rings. The number of amides is 1. The Morgan fingerprint density at radius 3 is 2.10 bits per heavy atom. The summed E-state index contributed by atoms with van der Waals surface area (Å²) in [4.78, 5) is 16.2. The molecular formula is C17H28N2O2. The molecule has 4 heteroatoms. The molecule has 0 N–H and O–H groups in total. The number of hydrogen-bond acceptors (Lipinski definition) is 3. The summed E-state index contributed by atoms with van der Waals surface area (Å²) in [5, 5.41) is 0. The minimum absolute atomic E-state index is 0.0889. The van der Waals surface area contributed by atoms with Gasteiger partial charge in [-0.25, -0.2) is 0 Å². The molecule has 0 saturated carbocycles. The number of carbonyl (C=O) groups excluding carboxylic acids is 1. The summed E-state index contributed by atoms with van der Waals surface area (Å²) in [6, 6.07) is 8.54. The smallest absolute Gasteiger partial charge is 0.251 e. The zero-order chi connectivity index (χ0) is 15.8. The van der Waals surface area contributed by atoms with Gasteiger partial charge in [0.25, 0.3) is 5.91 Å². The Kier molecular flexibility index (Phi) is 7.23. The molecule has 1 aromatic rings. The lowest BCUT2D eigenvalue weighted by molar-refractivity contribution is -0.141. The van der Waals surface area contributed by atoms with E-state index in [9.17, 15) is 4.79 Å². The van der Waals surface area contributed by atoms with Crippen molar-refractivity contribution >= 4 is 11.6 Å². The average Bonchev–Trinajstić information content (AvgIpc) is 2.56. The van der Waals surface area contributed by atoms with E-state index in [0.717, 1.165) is 26.2 Å². The van der Waals surface area contributed by atoms with Crippen molar-refractivity contribution in [2.45, 2.75) is 33.8 Å². The van der Waals surface area contributed by atoms with E-state index in [1.165, 1.54) is 11.3 Å². The molecule has 1 aromatic carbocycles. The molecule has 0 bridgehead atoms. The fourth-order valence-corrected chi connectivity index (χ4v) is 2.30. The van der Waals surface area contributed by atoms with Crippen LogP contribution in [-0.4, -0.2) is 50.2 Å². The maximum Gasteiger partial charge on any atom is 0.251 e. The topological polar surface area (TPSA) is 32.8 Å². The van der Waals surface area contributed by atoms with Crippen LogP contribution in [0.1, 0.15) is 26.3 Å². The highest BCUT2D eigenvalue weighted by atomic mass is 16.5. The fraction of sp³-hybridized carbons (Fsp3) is 0.588. The van der Waals surface area contributed by atoms with E-state index in [1.54, 1.807) is 14.0 Å². The highest BCUT2D eigenvalue weighted by Gasteiger charge is 2.24. The molecule has 2 rings (SSSR count). The minimum Gasteiger partial charge on any atom is -0.372 e. The number of aryl methyl sites for hydroxylation is 1. The standard InChI is InChI=1S/C15H22N2O2.C2H6/c1-12-4-6-14(7-5-12)16-8-10-17(11-9-16)15(18)13(2)19-3;1-2/h4-7,13H,8-11H2,1-3H3;1-2H3. The van der Waals surface area contributed by atoms with Gasteiger partial charge < -0.3 is 14.5 Å². The van der Waals surface area contributed by atoms with Gasteiger partial charge in [-0.3, -0.25) is 4.79 Å². The molecule has 1 aliphatic rings. The van der Waals surface area contributed by atoms with E-state index in [0.29, 0.717) is 0 Å². The molecule has 21 heavy (non-hydrogen) atoms. The predicted molar refractivity (Wildman–Crippen MR) is 87.8 cm³/mol. The first-order valence-corrected chi connectivity index (χ1v) is 7.75. The van der Waals surface area contributed by atoms with Gasteiger partial charge in [0.2, 0.25) is 0 Å². The summed E-state index contributed by atoms with van der Waals surface area (Å²) in [6.07, 6.45) is -0.342. The molecule has 0 spiro atoms. The van der Waals surface area contributed by atoms with Gasteiger partial charge in [0.15, 0.2) is 0 Å². The van der Waals surface area contributed by atoms with Crippen LogP contribution < -0.4 is 4.90 Å². The van der Waals surface area contributed by atoms with Crippen LogP contribution in [0.15, 0.2) is 24.3 Å². The first-order chi connectivity index (χ1) is 10.1. The van der Waals surface area contributed by atoms with Crippen molar-refractivity contribution in [2.75, 3.05) is 38.2 Å². The zero-order valence-electron chi connectivity index (χ0n) is 13.9. The van der Waals surface area contributed by atoms with Gasteiger partial charge in [0.1, 0.15) is 6.10 Å². The van der Waals surface area contributed by atoms with Gasteiger partial charge in [-0.1, -0.05) is 31.5 Å². The van der Waals surface area contributed by atoms with Crippen LogP contribution in [0, 0.1) is 6.92 Å². The summed E-state index contributed by atoms with van der Waals surface area (Å²) in [5.74, 6) is 0.0889. The molecule has 1 saturated heterocycles. The molecule has 4 nitrogen and oxygen atoms in total. The van der Waals surface area contributed by atoms with Crippen LogP contribution >= 0.6 is 0 Å². The lowest BCUT2D eigenvalue weighted by atomic mass is 10.2. The Bertz CT molecular complexity index is 423. The molecule has 1 unspecified atom stereocenters. The monoisotopic (exact) mass is 292 g/mol. The quantitative estimate of drug-likeness (QED) is 0.859. The van der Waals surface area contributed by atoms with Gasteiger partial charge >= 0.3 is 0 Å². The first kappa shape index (κ1) is 17.5. The van der Waals surface area contributed by atoms with Crippen molar-refractivity contribution in [1.82, 2.24) is 4.90 Å². The average molecular weight is 292 g/mol. The van der Waals surface area contributed by atoms with Crippen molar-refractivity contribution < 1.29 is 9.53 Å². The molecule has 1 amide bonds. The van der Waals surface area contributed by atoms with Gasteiger partial charge in [-0.2, -0.15) is 0 Å². The Morgan fingerprint density at radius 2 is 1.62 bits per heavy atom. The molecule has 0 radical (unpaired) electrons. The Balaban J connectivity index is 0.00000106. The summed E-state index contributed by atoms with van der Waals surface area (Å²) in [5.41, 5.74) is 2.50. The fourth-order valence-electron chi connectivity index (χ4n) is 2.30. The predicted octanol–water partition coefficient (Wildman–Crippen LogP) is 2.70. The van der Waals surface area contributed by atoms with Crippen molar-refractivity contribution in [3.63, 3.8) is 0 Å². The number of rotatable bonds is 3. The van der Waals surface area contributed by atoms with Gasteiger partial charge in [-0.15, -0.1) is 0 Å². The number of piperazine rings is 1. The lowest BCUT2D eigenvalue weighted by Crippen LogP contribution is -2.51. The third kappa shape index (κ3) is 4.74. The molecule has 118 valence electrons. The van der Waals surface area contributed by atoms with Crippen molar-refractivity contribution in [1.29, 1.82) is 0 Å². The number of anilines is 1. The van der Waals surface area contributed by atoms with Crippen LogP contribution in [0.5, 0.6) is 0 Å². The van der Waals surface area contributed by atoms with Crippen molar-refractivity contribution in [2.24, 2.45) is 0 Å². The maximum atomic E-state index is 12.0. The summed E-state index contributed by atoms with van der Waals surface area (Å²) < 4.78 is 5.09. The Hall–Kier alpha value is -1.55. The normalized spacial score (nSPS) is 16.0. The van der Waals surface area contributed by atoms with Crippen molar-refractivity contribution in [3.8, 4) is 0 Å². The van der Waals surface area contributed by atoms with Crippen LogP contribution in [0.25, 0.3) is 0 Å². The van der Waals surface area contributed by atoms with Crippen LogP contribution in [0.4, 0.5) is 5.69 Å². The summed E-state index contributed by atoms with van der Waals surface area (Å²) >= 11 is 0. The minimum atomic E-state index is -0.342. The number of nitrogens with zero attached hydrogens (tertiary/aromatic N) is 2. The van der Waals surface area contributed by atoms with Crippen LogP contribution in [-0.2, 0) is 9.53 Å². The number of carbonyl (C=O) groups is 1. The van der Waals surface area contributed by atoms with E-state index in [2.05, 4.69) is 36.1 Å². The highest BCUT2D eigenvalue weighted by molar-refractivity contribution is 5.80. The number of ether oxygens (including phenoxy) is 1. The first-order valence-electron chi connectivity index (χ1n) is 7.75. The van der Waals surface area contributed by atoms with Crippen LogP contribution in [0.3, 0.4) is 0 Å². The van der Waals surface area contributed by atoms with Gasteiger partial charge in [-0.05, 0) is 26.0 Å². The molecule has 1 aliphatic heterocycles. The van der Waals surface area contributed by atoms with E-state index in [1.807, 2.05) is 18.7 Å². The third-order valence-electron chi connectivity index (χ3n) is 3.69. The molecule has 0 aromatic heterocycles. The second-order valence-corrected chi connectivity index (χ2v) is 5.03. The van der Waals surface area contributed by atoms with Gasteiger partial charge in [0, 0.05) is 39.0 Å². The number of methoxy groups -OCH3 is 1. The highest BCUT2D eigenvalue weighted by Crippen LogP contribution is 2.17. The SMILES string of the molecule is CC.COC(C)C(=O)N1CCN(c2ccc(C)cc2)CC1. The van der Waals surface area contributed by atoms with E-state index in [-0.39, 0.29) is 12.0 Å². The third-order valence-corrected chi connectivity index (χ3v) is 3.69. The van der Waals surface area contributed by atoms with E-state index < -0.39 is 0 Å². The zero-order valence-corrected chi connectivity index (χ0v) is 13.9. The molecule has 1 heterocycles. The van der Waals surface area contributed by atoms with Crippen molar-refractivity contribution in [3.05, 3.63) is 29.8 Å². The molecule has 0 aliphatic carbocycles. The van der Waals surface area contributed by atoms with Crippen LogP contribution in [0.2, 0.25) is 0 Å². The van der Waals surface area contributed by atoms with E-state index >= 15 is 0 Å². The summed E-state index contributed by atoms with van der Waals surface area (Å²) in [7, 11) is 1.57. The van der Waals surface area contributed by atoms with Gasteiger partial charge in [0.05, 0.1) is 0 Å². The Labute approximate surface area is 128 Å². The van der Waals surface area contributed by atoms with E-state index in [4.69, 9.17) is 4.74 Å². The molecule has 1 atom stereocenters. The summed E-state index contributed by atoms with van der Waals surface area (Å²) in [6.45, 7) is 11.2. The second kappa shape index (κ2) is 8.67. The lowest BCUT2D eigenvalue weighted by Gasteiger charge is -2.37.